The third-order valence-electron chi connectivity index (χ3n) is 3.49. The number of hydrogen-bond acceptors (Lipinski definition) is 4. The smallest absolute Gasteiger partial charge is 0.394 e. The van der Waals surface area contributed by atoms with Crippen LogP contribution in [0, 0.1) is 0 Å². The van der Waals surface area contributed by atoms with Gasteiger partial charge in [0.1, 0.15) is 0 Å². The van der Waals surface area contributed by atoms with Gasteiger partial charge in [0.15, 0.2) is 0 Å². The second kappa shape index (κ2) is 5.47. The van der Waals surface area contributed by atoms with Gasteiger partial charge in [-0.2, -0.15) is 13.2 Å². The number of rotatable bonds is 3. The Morgan fingerprint density at radius 3 is 2.57 bits per heavy atom. The largest absolute Gasteiger partial charge is 0.417 e. The molecule has 5 nitrogen and oxygen atoms in total. The first-order valence-electron chi connectivity index (χ1n) is 6.26. The van der Waals surface area contributed by atoms with Crippen LogP contribution in [0.3, 0.4) is 0 Å². The van der Waals surface area contributed by atoms with Crippen LogP contribution in [-0.2, 0) is 16.2 Å². The lowest BCUT2D eigenvalue weighted by atomic mass is 10.1. The van der Waals surface area contributed by atoms with Crippen molar-refractivity contribution in [3.8, 4) is 0 Å². The van der Waals surface area contributed by atoms with Crippen LogP contribution in [0.1, 0.15) is 18.4 Å². The summed E-state index contributed by atoms with van der Waals surface area (Å²) in [4.78, 5) is 0.695. The van der Waals surface area contributed by atoms with Crippen LogP contribution in [0.5, 0.6) is 0 Å². The maximum atomic E-state index is 13.0. The van der Waals surface area contributed by atoms with E-state index in [1.807, 2.05) is 0 Å². The van der Waals surface area contributed by atoms with Gasteiger partial charge in [-0.15, -0.1) is 0 Å². The predicted octanol–water partition coefficient (Wildman–Crippen LogP) is 1.31. The highest BCUT2D eigenvalue weighted by Gasteiger charge is 2.37. The SMILES string of the molecule is NS(=O)(=O)c1ccc(N2CCCC2CO)cc1C(F)(F)F. The number of nitrogens with two attached hydrogens (primary N) is 1. The van der Waals surface area contributed by atoms with Gasteiger partial charge in [-0.1, -0.05) is 0 Å². The minimum Gasteiger partial charge on any atom is -0.394 e. The molecule has 9 heteroatoms. The highest BCUT2D eigenvalue weighted by atomic mass is 32.2. The van der Waals surface area contributed by atoms with Crippen molar-refractivity contribution in [3.05, 3.63) is 23.8 Å². The first-order chi connectivity index (χ1) is 9.64. The number of aliphatic hydroxyl groups excluding tert-OH is 1. The predicted molar refractivity (Wildman–Crippen MR) is 70.3 cm³/mol. The highest BCUT2D eigenvalue weighted by Crippen LogP contribution is 2.37. The fraction of sp³-hybridized carbons (Fsp3) is 0.500. The molecule has 1 aromatic carbocycles. The van der Waals surface area contributed by atoms with E-state index in [1.54, 1.807) is 4.90 Å². The van der Waals surface area contributed by atoms with Crippen molar-refractivity contribution in [2.45, 2.75) is 30.0 Å². The third-order valence-corrected chi connectivity index (χ3v) is 4.46. The third kappa shape index (κ3) is 3.30. The molecule has 0 aliphatic carbocycles. The molecule has 1 atom stereocenters. The van der Waals surface area contributed by atoms with Crippen LogP contribution in [0.15, 0.2) is 23.1 Å². The van der Waals surface area contributed by atoms with Crippen molar-refractivity contribution in [2.75, 3.05) is 18.1 Å². The molecule has 1 aliphatic heterocycles. The quantitative estimate of drug-likeness (QED) is 0.878. The summed E-state index contributed by atoms with van der Waals surface area (Å²) in [5, 5.41) is 14.1. The normalized spacial score (nSPS) is 20.0. The molecule has 1 aromatic rings. The van der Waals surface area contributed by atoms with Gasteiger partial charge in [-0.05, 0) is 31.0 Å². The molecule has 0 radical (unpaired) electrons. The van der Waals surface area contributed by atoms with Crippen molar-refractivity contribution >= 4 is 15.7 Å². The summed E-state index contributed by atoms with van der Waals surface area (Å²) >= 11 is 0. The fourth-order valence-electron chi connectivity index (χ4n) is 2.53. The Hall–Kier alpha value is -1.32. The Morgan fingerprint density at radius 1 is 1.38 bits per heavy atom. The van der Waals surface area contributed by atoms with Gasteiger partial charge < -0.3 is 10.0 Å². The van der Waals surface area contributed by atoms with Gasteiger partial charge in [0, 0.05) is 12.2 Å². The monoisotopic (exact) mass is 324 g/mol. The molecular weight excluding hydrogens is 309 g/mol. The van der Waals surface area contributed by atoms with E-state index in [2.05, 4.69) is 0 Å². The van der Waals surface area contributed by atoms with E-state index >= 15 is 0 Å². The van der Waals surface area contributed by atoms with Gasteiger partial charge >= 0.3 is 6.18 Å². The maximum absolute atomic E-state index is 13.0. The molecule has 21 heavy (non-hydrogen) atoms. The minimum absolute atomic E-state index is 0.168. The lowest BCUT2D eigenvalue weighted by Crippen LogP contribution is -2.32. The van der Waals surface area contributed by atoms with Gasteiger partial charge in [0.2, 0.25) is 10.0 Å². The average molecular weight is 324 g/mol. The van der Waals surface area contributed by atoms with Crippen LogP contribution < -0.4 is 10.0 Å². The van der Waals surface area contributed by atoms with Gasteiger partial charge in [0.05, 0.1) is 23.1 Å². The number of aliphatic hydroxyl groups is 1. The number of sulfonamides is 1. The summed E-state index contributed by atoms with van der Waals surface area (Å²) in [6.07, 6.45) is -3.40. The zero-order valence-corrected chi connectivity index (χ0v) is 11.8. The average Bonchev–Trinajstić information content (AvgIpc) is 2.84. The summed E-state index contributed by atoms with van der Waals surface area (Å²) in [5.41, 5.74) is -1.06. The first-order valence-corrected chi connectivity index (χ1v) is 7.81. The lowest BCUT2D eigenvalue weighted by Gasteiger charge is -2.26. The Balaban J connectivity index is 2.53. The molecule has 1 unspecified atom stereocenters. The van der Waals surface area contributed by atoms with Crippen LogP contribution in [0.25, 0.3) is 0 Å². The molecule has 1 fully saturated rings. The minimum atomic E-state index is -4.83. The Kier molecular flexibility index (Phi) is 4.18. The number of anilines is 1. The molecule has 1 saturated heterocycles. The van der Waals surface area contributed by atoms with Crippen LogP contribution in [0.2, 0.25) is 0 Å². The van der Waals surface area contributed by atoms with Crippen LogP contribution >= 0.6 is 0 Å². The number of hydrogen-bond donors (Lipinski definition) is 2. The van der Waals surface area contributed by atoms with E-state index in [0.717, 1.165) is 18.6 Å². The second-order valence-corrected chi connectivity index (χ2v) is 6.43. The van der Waals surface area contributed by atoms with E-state index in [1.165, 1.54) is 6.07 Å². The second-order valence-electron chi connectivity index (χ2n) is 4.90. The molecule has 0 spiro atoms. The summed E-state index contributed by atoms with van der Waals surface area (Å²) < 4.78 is 61.7. The molecule has 0 bridgehead atoms. The fourth-order valence-corrected chi connectivity index (χ4v) is 3.27. The summed E-state index contributed by atoms with van der Waals surface area (Å²) in [6, 6.07) is 2.66. The van der Waals surface area contributed by atoms with Crippen molar-refractivity contribution in [2.24, 2.45) is 5.14 Å². The molecule has 3 N–H and O–H groups in total. The molecule has 1 aliphatic rings. The van der Waals surface area contributed by atoms with Gasteiger partial charge in [0.25, 0.3) is 0 Å². The van der Waals surface area contributed by atoms with Crippen LogP contribution in [0.4, 0.5) is 18.9 Å². The van der Waals surface area contributed by atoms with Crippen LogP contribution in [-0.4, -0.2) is 32.7 Å². The summed E-state index contributed by atoms with van der Waals surface area (Å²) in [7, 11) is -4.46. The number of halogens is 3. The highest BCUT2D eigenvalue weighted by molar-refractivity contribution is 7.89. The van der Waals surface area contributed by atoms with E-state index < -0.39 is 26.7 Å². The molecular formula is C12H15F3N2O3S. The van der Waals surface area contributed by atoms with Crippen molar-refractivity contribution in [3.63, 3.8) is 0 Å². The summed E-state index contributed by atoms with van der Waals surface area (Å²) in [5.74, 6) is 0. The standard InChI is InChI=1S/C12H15F3N2O3S/c13-12(14,15)10-6-8(3-4-11(10)21(16,19)20)17-5-1-2-9(17)7-18/h3-4,6,9,18H,1-2,5,7H2,(H2,16,19,20). The van der Waals surface area contributed by atoms with Crippen molar-refractivity contribution in [1.82, 2.24) is 0 Å². The van der Waals surface area contributed by atoms with Gasteiger partial charge in [-0.25, -0.2) is 13.6 Å². The molecule has 0 aromatic heterocycles. The van der Waals surface area contributed by atoms with Crippen molar-refractivity contribution in [1.29, 1.82) is 0 Å². The van der Waals surface area contributed by atoms with E-state index in [-0.39, 0.29) is 18.3 Å². The summed E-state index contributed by atoms with van der Waals surface area (Å²) in [6.45, 7) is 0.343. The number of benzene rings is 1. The Labute approximate surface area is 120 Å². The Bertz CT molecular complexity index is 631. The van der Waals surface area contributed by atoms with Gasteiger partial charge in [-0.3, -0.25) is 0 Å². The molecule has 1 heterocycles. The first kappa shape index (κ1) is 16.1. The number of primary sulfonamides is 1. The zero-order valence-electron chi connectivity index (χ0n) is 11.0. The molecule has 2 rings (SSSR count). The maximum Gasteiger partial charge on any atom is 0.417 e. The molecule has 118 valence electrons. The topological polar surface area (TPSA) is 83.6 Å². The van der Waals surface area contributed by atoms with E-state index in [9.17, 15) is 26.7 Å². The molecule has 0 saturated carbocycles. The van der Waals surface area contributed by atoms with E-state index in [4.69, 9.17) is 5.14 Å². The molecule has 0 amide bonds. The zero-order chi connectivity index (χ0) is 15.8. The Morgan fingerprint density at radius 2 is 2.05 bits per heavy atom. The van der Waals surface area contributed by atoms with E-state index in [0.29, 0.717) is 13.0 Å². The number of nitrogens with zero attached hydrogens (tertiary/aromatic N) is 1. The number of alkyl halides is 3. The lowest BCUT2D eigenvalue weighted by molar-refractivity contribution is -0.139. The van der Waals surface area contributed by atoms with Crippen molar-refractivity contribution < 1.29 is 26.7 Å².